The fourth-order valence-corrected chi connectivity index (χ4v) is 3.66. The van der Waals surface area contributed by atoms with E-state index in [1.54, 1.807) is 0 Å². The molecule has 0 bridgehead atoms. The van der Waals surface area contributed by atoms with Gasteiger partial charge in [-0.05, 0) is 37.4 Å². The Labute approximate surface area is 128 Å². The number of carbonyl (C=O) groups is 1. The first kappa shape index (κ1) is 15.2. The van der Waals surface area contributed by atoms with Crippen LogP contribution in [0.2, 0.25) is 0 Å². The molecule has 3 rings (SSSR count). The van der Waals surface area contributed by atoms with Gasteiger partial charge < -0.3 is 11.1 Å². The number of amides is 1. The molecular weight excluding hydrogens is 294 g/mol. The summed E-state index contributed by atoms with van der Waals surface area (Å²) in [6, 6.07) is 7.91. The van der Waals surface area contributed by atoms with Crippen molar-refractivity contribution < 1.29 is 4.79 Å². The van der Waals surface area contributed by atoms with Crippen molar-refractivity contribution in [3.05, 3.63) is 24.3 Å². The Hall–Kier alpha value is -1.17. The Bertz CT molecular complexity index is 568. The summed E-state index contributed by atoms with van der Waals surface area (Å²) in [5, 5.41) is 3.64. The van der Waals surface area contributed by atoms with E-state index >= 15 is 0 Å². The second-order valence-corrected chi connectivity index (χ2v) is 6.04. The number of anilines is 1. The number of carbonyl (C=O) groups excluding carboxylic acids is 1. The van der Waals surface area contributed by atoms with Gasteiger partial charge in [-0.3, -0.25) is 4.79 Å². The van der Waals surface area contributed by atoms with Crippen LogP contribution in [0.1, 0.15) is 19.3 Å². The first-order valence-corrected chi connectivity index (χ1v) is 7.46. The number of nitrogens with one attached hydrogen (secondary N) is 1. The summed E-state index contributed by atoms with van der Waals surface area (Å²) >= 11 is 1.52. The summed E-state index contributed by atoms with van der Waals surface area (Å²) in [6.07, 6.45) is 3.10. The molecular formula is C14H18ClN3OS. The van der Waals surface area contributed by atoms with E-state index in [-0.39, 0.29) is 24.2 Å². The van der Waals surface area contributed by atoms with Crippen molar-refractivity contribution in [1.29, 1.82) is 0 Å². The van der Waals surface area contributed by atoms with Crippen LogP contribution in [-0.2, 0) is 4.79 Å². The third-order valence-electron chi connectivity index (χ3n) is 3.82. The van der Waals surface area contributed by atoms with Crippen molar-refractivity contribution in [2.45, 2.75) is 19.3 Å². The van der Waals surface area contributed by atoms with Crippen molar-refractivity contribution in [3.63, 3.8) is 0 Å². The van der Waals surface area contributed by atoms with Crippen molar-refractivity contribution in [2.75, 3.05) is 11.9 Å². The summed E-state index contributed by atoms with van der Waals surface area (Å²) < 4.78 is 1.10. The number of hydrogen-bond acceptors (Lipinski definition) is 4. The number of aromatic nitrogens is 1. The molecule has 1 aromatic heterocycles. The Morgan fingerprint density at radius 3 is 2.95 bits per heavy atom. The van der Waals surface area contributed by atoms with Gasteiger partial charge in [0.05, 0.1) is 10.2 Å². The number of para-hydroxylation sites is 1. The first-order valence-electron chi connectivity index (χ1n) is 6.64. The topological polar surface area (TPSA) is 68.0 Å². The van der Waals surface area contributed by atoms with Crippen LogP contribution in [0.3, 0.4) is 0 Å². The van der Waals surface area contributed by atoms with E-state index in [1.165, 1.54) is 11.3 Å². The zero-order chi connectivity index (χ0) is 13.2. The molecule has 1 amide bonds. The maximum atomic E-state index is 12.3. The zero-order valence-electron chi connectivity index (χ0n) is 11.0. The van der Waals surface area contributed by atoms with Gasteiger partial charge in [0.2, 0.25) is 5.91 Å². The van der Waals surface area contributed by atoms with Crippen molar-refractivity contribution >= 4 is 45.0 Å². The molecule has 2 aromatic rings. The minimum absolute atomic E-state index is 0. The van der Waals surface area contributed by atoms with E-state index in [0.29, 0.717) is 17.6 Å². The predicted octanol–water partition coefficient (Wildman–Crippen LogP) is 3.03. The Kier molecular flexibility index (Phi) is 4.96. The minimum atomic E-state index is 0. The van der Waals surface area contributed by atoms with Crippen LogP contribution >= 0.6 is 23.7 Å². The molecule has 0 spiro atoms. The maximum Gasteiger partial charge on any atom is 0.229 e. The molecule has 20 heavy (non-hydrogen) atoms. The minimum Gasteiger partial charge on any atom is -0.330 e. The fraction of sp³-hybridized carbons (Fsp3) is 0.429. The van der Waals surface area contributed by atoms with Gasteiger partial charge >= 0.3 is 0 Å². The van der Waals surface area contributed by atoms with Gasteiger partial charge in [-0.25, -0.2) is 4.98 Å². The van der Waals surface area contributed by atoms with Crippen LogP contribution in [0.15, 0.2) is 24.3 Å². The van der Waals surface area contributed by atoms with Crippen molar-refractivity contribution in [3.8, 4) is 0 Å². The van der Waals surface area contributed by atoms with Gasteiger partial charge in [0.1, 0.15) is 0 Å². The number of hydrogen-bond donors (Lipinski definition) is 2. The molecule has 1 saturated carbocycles. The number of rotatable bonds is 3. The van der Waals surface area contributed by atoms with Crippen LogP contribution in [0.25, 0.3) is 10.2 Å². The highest BCUT2D eigenvalue weighted by atomic mass is 35.5. The van der Waals surface area contributed by atoms with E-state index in [9.17, 15) is 4.79 Å². The molecule has 1 fully saturated rings. The van der Waals surface area contributed by atoms with Crippen LogP contribution in [0.5, 0.6) is 0 Å². The molecule has 1 aromatic carbocycles. The van der Waals surface area contributed by atoms with Crippen LogP contribution in [0.4, 0.5) is 5.13 Å². The van der Waals surface area contributed by atoms with E-state index < -0.39 is 0 Å². The second kappa shape index (κ2) is 6.52. The number of nitrogens with zero attached hydrogens (tertiary/aromatic N) is 1. The third-order valence-corrected chi connectivity index (χ3v) is 4.77. The van der Waals surface area contributed by atoms with Gasteiger partial charge in [0.25, 0.3) is 0 Å². The lowest BCUT2D eigenvalue weighted by Crippen LogP contribution is -2.29. The predicted molar refractivity (Wildman–Crippen MR) is 85.4 cm³/mol. The summed E-state index contributed by atoms with van der Waals surface area (Å²) in [4.78, 5) is 16.7. The highest BCUT2D eigenvalue weighted by Gasteiger charge is 2.32. The zero-order valence-corrected chi connectivity index (χ0v) is 12.7. The molecule has 1 heterocycles. The van der Waals surface area contributed by atoms with Crippen molar-refractivity contribution in [2.24, 2.45) is 17.6 Å². The summed E-state index contributed by atoms with van der Waals surface area (Å²) in [5.41, 5.74) is 6.66. The smallest absolute Gasteiger partial charge is 0.229 e. The number of thiazole rings is 1. The summed E-state index contributed by atoms with van der Waals surface area (Å²) in [6.45, 7) is 0.595. The Morgan fingerprint density at radius 2 is 2.20 bits per heavy atom. The SMILES string of the molecule is Cl.NC[C@H]1CCC[C@H]1C(=O)Nc1nc2ccccc2s1. The largest absolute Gasteiger partial charge is 0.330 e. The molecule has 0 radical (unpaired) electrons. The number of benzene rings is 1. The van der Waals surface area contributed by atoms with Crippen LogP contribution < -0.4 is 11.1 Å². The molecule has 1 aliphatic rings. The van der Waals surface area contributed by atoms with Gasteiger partial charge in [-0.1, -0.05) is 29.9 Å². The quantitative estimate of drug-likeness (QED) is 0.915. The number of nitrogens with two attached hydrogens (primary N) is 1. The molecule has 0 unspecified atom stereocenters. The highest BCUT2D eigenvalue weighted by Crippen LogP contribution is 2.33. The van der Waals surface area contributed by atoms with Gasteiger partial charge in [-0.15, -0.1) is 12.4 Å². The monoisotopic (exact) mass is 311 g/mol. The molecule has 1 aliphatic carbocycles. The molecule has 0 aliphatic heterocycles. The standard InChI is InChI=1S/C14H17N3OS.ClH/c15-8-9-4-3-5-10(9)13(18)17-14-16-11-6-1-2-7-12(11)19-14;/h1-2,6-7,9-10H,3-5,8,15H2,(H,16,17,18);1H/t9-,10-;/m1./s1. The molecule has 0 saturated heterocycles. The van der Waals surface area contributed by atoms with Gasteiger partial charge in [0.15, 0.2) is 5.13 Å². The lowest BCUT2D eigenvalue weighted by Gasteiger charge is -2.16. The second-order valence-electron chi connectivity index (χ2n) is 5.01. The first-order chi connectivity index (χ1) is 9.28. The lowest BCUT2D eigenvalue weighted by atomic mass is 9.95. The lowest BCUT2D eigenvalue weighted by molar-refractivity contribution is -0.120. The highest BCUT2D eigenvalue weighted by molar-refractivity contribution is 7.22. The average molecular weight is 312 g/mol. The van der Waals surface area contributed by atoms with Crippen LogP contribution in [-0.4, -0.2) is 17.4 Å². The summed E-state index contributed by atoms with van der Waals surface area (Å²) in [5.74, 6) is 0.457. The van der Waals surface area contributed by atoms with Crippen molar-refractivity contribution in [1.82, 2.24) is 4.98 Å². The van der Waals surface area contributed by atoms with Gasteiger partial charge in [0, 0.05) is 5.92 Å². The molecule has 2 atom stereocenters. The molecule has 108 valence electrons. The normalized spacial score (nSPS) is 21.6. The van der Waals surface area contributed by atoms with E-state index in [4.69, 9.17) is 5.73 Å². The third kappa shape index (κ3) is 2.95. The van der Waals surface area contributed by atoms with E-state index in [0.717, 1.165) is 29.5 Å². The molecule has 6 heteroatoms. The Balaban J connectivity index is 0.00000147. The Morgan fingerprint density at radius 1 is 1.40 bits per heavy atom. The average Bonchev–Trinajstić information content (AvgIpc) is 3.03. The fourth-order valence-electron chi connectivity index (χ4n) is 2.79. The maximum absolute atomic E-state index is 12.3. The van der Waals surface area contributed by atoms with E-state index in [1.807, 2.05) is 24.3 Å². The number of halogens is 1. The summed E-state index contributed by atoms with van der Waals surface area (Å²) in [7, 11) is 0. The van der Waals surface area contributed by atoms with E-state index in [2.05, 4.69) is 10.3 Å². The molecule has 3 N–H and O–H groups in total. The van der Waals surface area contributed by atoms with Gasteiger partial charge in [-0.2, -0.15) is 0 Å². The number of fused-ring (bicyclic) bond motifs is 1. The molecule has 4 nitrogen and oxygen atoms in total. The van der Waals surface area contributed by atoms with Crippen LogP contribution in [0, 0.1) is 11.8 Å².